The summed E-state index contributed by atoms with van der Waals surface area (Å²) in [7, 11) is 0. The molecule has 0 radical (unpaired) electrons. The lowest BCUT2D eigenvalue weighted by Gasteiger charge is -2.01. The molecule has 0 saturated heterocycles. The lowest BCUT2D eigenvalue weighted by Crippen LogP contribution is -1.90. The first kappa shape index (κ1) is 8.26. The monoisotopic (exact) mass is 196 g/mol. The van der Waals surface area contributed by atoms with Crippen LogP contribution < -0.4 is 5.73 Å². The van der Waals surface area contributed by atoms with E-state index in [0.29, 0.717) is 21.6 Å². The molecular weight excluding hydrogens is 191 g/mol. The number of benzene rings is 1. The summed E-state index contributed by atoms with van der Waals surface area (Å²) in [5, 5.41) is 1.09. The average Bonchev–Trinajstić information content (AvgIpc) is 2.12. The molecule has 13 heavy (non-hydrogen) atoms. The number of fused-ring (bicyclic) bond motifs is 1. The van der Waals surface area contributed by atoms with E-state index in [1.165, 1.54) is 18.3 Å². The van der Waals surface area contributed by atoms with E-state index in [1.54, 1.807) is 6.07 Å². The smallest absolute Gasteiger partial charge is 0.125 e. The first-order chi connectivity index (χ1) is 6.18. The van der Waals surface area contributed by atoms with Crippen LogP contribution in [0.5, 0.6) is 0 Å². The van der Waals surface area contributed by atoms with Crippen molar-refractivity contribution in [1.82, 2.24) is 4.98 Å². The van der Waals surface area contributed by atoms with Gasteiger partial charge in [0.15, 0.2) is 0 Å². The number of nitrogen functional groups attached to an aromatic ring is 1. The van der Waals surface area contributed by atoms with Crippen molar-refractivity contribution in [3.05, 3.63) is 35.2 Å². The number of anilines is 1. The van der Waals surface area contributed by atoms with E-state index < -0.39 is 0 Å². The number of aromatic nitrogens is 1. The maximum absolute atomic E-state index is 12.8. The first-order valence-corrected chi connectivity index (χ1v) is 4.05. The van der Waals surface area contributed by atoms with Gasteiger partial charge in [-0.25, -0.2) is 4.39 Å². The van der Waals surface area contributed by atoms with Crippen molar-refractivity contribution in [1.29, 1.82) is 0 Å². The Morgan fingerprint density at radius 2 is 2.15 bits per heavy atom. The molecule has 0 aliphatic heterocycles. The fraction of sp³-hybridized carbons (Fsp3) is 0. The number of halogens is 2. The van der Waals surface area contributed by atoms with Gasteiger partial charge in [0.2, 0.25) is 0 Å². The Morgan fingerprint density at radius 1 is 1.38 bits per heavy atom. The molecule has 66 valence electrons. The van der Waals surface area contributed by atoms with Crippen molar-refractivity contribution in [2.24, 2.45) is 0 Å². The van der Waals surface area contributed by atoms with Crippen molar-refractivity contribution in [2.75, 3.05) is 5.73 Å². The van der Waals surface area contributed by atoms with Crippen molar-refractivity contribution < 1.29 is 4.39 Å². The van der Waals surface area contributed by atoms with E-state index in [1.807, 2.05) is 0 Å². The van der Waals surface area contributed by atoms with Gasteiger partial charge in [-0.3, -0.25) is 4.98 Å². The summed E-state index contributed by atoms with van der Waals surface area (Å²) >= 11 is 5.89. The van der Waals surface area contributed by atoms with Crippen LogP contribution in [0, 0.1) is 5.82 Å². The molecule has 2 aromatic rings. The summed E-state index contributed by atoms with van der Waals surface area (Å²) in [4.78, 5) is 3.95. The highest BCUT2D eigenvalue weighted by Crippen LogP contribution is 2.27. The molecule has 0 fully saturated rings. The van der Waals surface area contributed by atoms with Crippen LogP contribution in [-0.4, -0.2) is 4.98 Å². The Balaban J connectivity index is 2.87. The average molecular weight is 197 g/mol. The SMILES string of the molecule is Nc1cnc2cc(F)ccc2c1Cl. The summed E-state index contributed by atoms with van der Waals surface area (Å²) in [6.45, 7) is 0. The molecule has 0 aliphatic carbocycles. The summed E-state index contributed by atoms with van der Waals surface area (Å²) < 4.78 is 12.8. The van der Waals surface area contributed by atoms with Crippen molar-refractivity contribution in [3.63, 3.8) is 0 Å². The van der Waals surface area contributed by atoms with Crippen LogP contribution in [0.25, 0.3) is 10.9 Å². The molecule has 4 heteroatoms. The fourth-order valence-electron chi connectivity index (χ4n) is 1.15. The minimum atomic E-state index is -0.333. The molecule has 0 atom stereocenters. The van der Waals surface area contributed by atoms with Gasteiger partial charge in [-0.2, -0.15) is 0 Å². The molecule has 1 heterocycles. The van der Waals surface area contributed by atoms with Gasteiger partial charge >= 0.3 is 0 Å². The largest absolute Gasteiger partial charge is 0.396 e. The van der Waals surface area contributed by atoms with E-state index in [2.05, 4.69) is 4.98 Å². The Hall–Kier alpha value is -1.35. The number of rotatable bonds is 0. The van der Waals surface area contributed by atoms with Gasteiger partial charge in [-0.1, -0.05) is 11.6 Å². The van der Waals surface area contributed by atoms with Crippen LogP contribution in [0.4, 0.5) is 10.1 Å². The molecule has 0 aliphatic rings. The number of nitrogens with zero attached hydrogens (tertiary/aromatic N) is 1. The minimum absolute atomic E-state index is 0.333. The van der Waals surface area contributed by atoms with Gasteiger partial charge in [-0.15, -0.1) is 0 Å². The standard InChI is InChI=1S/C9H6ClFN2/c10-9-6-2-1-5(11)3-8(6)13-4-7(9)12/h1-4H,12H2. The second-order valence-electron chi connectivity index (χ2n) is 2.69. The quantitative estimate of drug-likeness (QED) is 0.704. The van der Waals surface area contributed by atoms with Crippen LogP contribution in [0.2, 0.25) is 5.02 Å². The van der Waals surface area contributed by atoms with Gasteiger partial charge in [-0.05, 0) is 12.1 Å². The van der Waals surface area contributed by atoms with Crippen molar-refractivity contribution in [2.45, 2.75) is 0 Å². The Kier molecular flexibility index (Phi) is 1.81. The third kappa shape index (κ3) is 1.31. The Labute approximate surface area is 79.1 Å². The lowest BCUT2D eigenvalue weighted by atomic mass is 10.2. The molecule has 0 bridgehead atoms. The summed E-state index contributed by atoms with van der Waals surface area (Å²) in [6, 6.07) is 4.21. The van der Waals surface area contributed by atoms with Gasteiger partial charge in [0.25, 0.3) is 0 Å². The predicted molar refractivity (Wildman–Crippen MR) is 51.1 cm³/mol. The third-order valence-electron chi connectivity index (χ3n) is 1.79. The summed E-state index contributed by atoms with van der Waals surface area (Å²) in [5.74, 6) is -0.333. The van der Waals surface area contributed by atoms with E-state index in [0.717, 1.165) is 0 Å². The zero-order chi connectivity index (χ0) is 9.42. The first-order valence-electron chi connectivity index (χ1n) is 3.68. The number of pyridine rings is 1. The van der Waals surface area contributed by atoms with Crippen LogP contribution >= 0.6 is 11.6 Å². The maximum Gasteiger partial charge on any atom is 0.125 e. The molecule has 2 nitrogen and oxygen atoms in total. The summed E-state index contributed by atoms with van der Waals surface area (Å²) in [6.07, 6.45) is 1.42. The normalized spacial score (nSPS) is 10.6. The van der Waals surface area contributed by atoms with E-state index in [4.69, 9.17) is 17.3 Å². The third-order valence-corrected chi connectivity index (χ3v) is 2.21. The highest BCUT2D eigenvalue weighted by Gasteiger charge is 2.04. The minimum Gasteiger partial charge on any atom is -0.396 e. The highest BCUT2D eigenvalue weighted by atomic mass is 35.5. The van der Waals surface area contributed by atoms with Crippen LogP contribution in [0.1, 0.15) is 0 Å². The topological polar surface area (TPSA) is 38.9 Å². The number of hydrogen-bond acceptors (Lipinski definition) is 2. The zero-order valence-electron chi connectivity index (χ0n) is 6.59. The zero-order valence-corrected chi connectivity index (χ0v) is 7.35. The second kappa shape index (κ2) is 2.85. The molecule has 0 saturated carbocycles. The van der Waals surface area contributed by atoms with Crippen LogP contribution in [0.15, 0.2) is 24.4 Å². The second-order valence-corrected chi connectivity index (χ2v) is 3.07. The molecule has 2 N–H and O–H groups in total. The van der Waals surface area contributed by atoms with Crippen LogP contribution in [-0.2, 0) is 0 Å². The fourth-order valence-corrected chi connectivity index (χ4v) is 1.36. The molecular formula is C9H6ClFN2. The number of hydrogen-bond donors (Lipinski definition) is 1. The molecule has 0 unspecified atom stereocenters. The summed E-state index contributed by atoms with van der Waals surface area (Å²) in [5.41, 5.74) is 6.45. The van der Waals surface area contributed by atoms with Gasteiger partial charge in [0, 0.05) is 11.5 Å². The molecule has 0 spiro atoms. The van der Waals surface area contributed by atoms with Crippen molar-refractivity contribution >= 4 is 28.2 Å². The Morgan fingerprint density at radius 3 is 2.92 bits per heavy atom. The van der Waals surface area contributed by atoms with Gasteiger partial charge < -0.3 is 5.73 Å². The predicted octanol–water partition coefficient (Wildman–Crippen LogP) is 2.61. The lowest BCUT2D eigenvalue weighted by molar-refractivity contribution is 0.629. The molecule has 0 amide bonds. The van der Waals surface area contributed by atoms with E-state index >= 15 is 0 Å². The highest BCUT2D eigenvalue weighted by molar-refractivity contribution is 6.37. The van der Waals surface area contributed by atoms with Gasteiger partial charge in [0.1, 0.15) is 5.82 Å². The number of nitrogens with two attached hydrogens (primary N) is 1. The van der Waals surface area contributed by atoms with E-state index in [-0.39, 0.29) is 5.82 Å². The van der Waals surface area contributed by atoms with E-state index in [9.17, 15) is 4.39 Å². The van der Waals surface area contributed by atoms with Gasteiger partial charge in [0.05, 0.1) is 22.4 Å². The van der Waals surface area contributed by atoms with Crippen molar-refractivity contribution in [3.8, 4) is 0 Å². The maximum atomic E-state index is 12.8. The van der Waals surface area contributed by atoms with Crippen LogP contribution in [0.3, 0.4) is 0 Å². The molecule has 2 rings (SSSR count). The molecule has 1 aromatic carbocycles. The Bertz CT molecular complexity index is 470. The molecule has 1 aromatic heterocycles.